The minimum Gasteiger partial charge on any atom is -0.376 e. The quantitative estimate of drug-likeness (QED) is 0.627. The molecule has 0 aromatic heterocycles. The molecule has 1 amide bonds. The molecule has 0 unspecified atom stereocenters. The van der Waals surface area contributed by atoms with Crippen LogP contribution in [0, 0.1) is 0 Å². The molecule has 0 heterocycles. The maximum Gasteiger partial charge on any atom is 0.259 e. The van der Waals surface area contributed by atoms with Crippen LogP contribution in [0.2, 0.25) is 5.02 Å². The number of hydrazone groups is 1. The van der Waals surface area contributed by atoms with E-state index in [4.69, 9.17) is 11.6 Å². The zero-order valence-electron chi connectivity index (χ0n) is 11.0. The van der Waals surface area contributed by atoms with Crippen molar-refractivity contribution in [3.63, 3.8) is 0 Å². The van der Waals surface area contributed by atoms with Gasteiger partial charge in [0, 0.05) is 15.2 Å². The van der Waals surface area contributed by atoms with Gasteiger partial charge in [-0.1, -0.05) is 39.7 Å². The molecule has 0 bridgehead atoms. The Hall–Kier alpha value is -1.85. The lowest BCUT2D eigenvalue weighted by Crippen LogP contribution is -2.25. The molecule has 0 radical (unpaired) electrons. The van der Waals surface area contributed by atoms with Crippen molar-refractivity contribution >= 4 is 45.3 Å². The Morgan fingerprint density at radius 1 is 1.14 bits per heavy atom. The zero-order valence-corrected chi connectivity index (χ0v) is 13.4. The van der Waals surface area contributed by atoms with Crippen molar-refractivity contribution in [3.8, 4) is 0 Å². The van der Waals surface area contributed by atoms with E-state index in [0.29, 0.717) is 5.02 Å². The van der Waals surface area contributed by atoms with E-state index in [1.54, 1.807) is 18.3 Å². The third-order valence-corrected chi connectivity index (χ3v) is 3.35. The number of benzene rings is 2. The van der Waals surface area contributed by atoms with E-state index in [2.05, 4.69) is 31.8 Å². The molecule has 2 aromatic carbocycles. The first-order chi connectivity index (χ1) is 10.1. The first kappa shape index (κ1) is 15.5. The standard InChI is InChI=1S/C15H13BrClN3O/c16-12-3-7-14(8-4-12)18-10-15(21)20-19-9-11-1-5-13(17)6-2-11/h1-9,18H,10H2,(H,20,21). The SMILES string of the molecule is O=C(CNc1ccc(Br)cc1)NN=Cc1ccc(Cl)cc1. The summed E-state index contributed by atoms with van der Waals surface area (Å²) >= 11 is 9.13. The molecule has 4 nitrogen and oxygen atoms in total. The van der Waals surface area contributed by atoms with Crippen molar-refractivity contribution in [2.45, 2.75) is 0 Å². The number of carbonyl (C=O) groups is 1. The van der Waals surface area contributed by atoms with Crippen molar-refractivity contribution in [1.29, 1.82) is 0 Å². The topological polar surface area (TPSA) is 53.5 Å². The Morgan fingerprint density at radius 3 is 2.48 bits per heavy atom. The second-order valence-corrected chi connectivity index (χ2v) is 5.56. The largest absolute Gasteiger partial charge is 0.376 e. The number of hydrogen-bond donors (Lipinski definition) is 2. The summed E-state index contributed by atoms with van der Waals surface area (Å²) in [7, 11) is 0. The van der Waals surface area contributed by atoms with Crippen LogP contribution in [0.4, 0.5) is 5.69 Å². The fourth-order valence-corrected chi connectivity index (χ4v) is 1.91. The number of nitrogens with zero attached hydrogens (tertiary/aromatic N) is 1. The summed E-state index contributed by atoms with van der Waals surface area (Å²) in [5.74, 6) is -0.219. The molecule has 0 aliphatic heterocycles. The summed E-state index contributed by atoms with van der Waals surface area (Å²) in [5.41, 5.74) is 4.19. The van der Waals surface area contributed by atoms with E-state index in [0.717, 1.165) is 15.7 Å². The van der Waals surface area contributed by atoms with E-state index in [1.165, 1.54) is 0 Å². The number of nitrogens with one attached hydrogen (secondary N) is 2. The summed E-state index contributed by atoms with van der Waals surface area (Å²) in [6.45, 7) is 0.152. The molecular formula is C15H13BrClN3O. The lowest BCUT2D eigenvalue weighted by molar-refractivity contribution is -0.119. The normalized spacial score (nSPS) is 10.6. The summed E-state index contributed by atoms with van der Waals surface area (Å²) in [4.78, 5) is 11.6. The van der Waals surface area contributed by atoms with E-state index >= 15 is 0 Å². The molecule has 0 saturated heterocycles. The molecule has 0 saturated carbocycles. The van der Waals surface area contributed by atoms with Gasteiger partial charge in [-0.2, -0.15) is 5.10 Å². The van der Waals surface area contributed by atoms with Crippen molar-refractivity contribution in [2.75, 3.05) is 11.9 Å². The maximum absolute atomic E-state index is 11.6. The Labute approximate surface area is 136 Å². The summed E-state index contributed by atoms with van der Waals surface area (Å²) < 4.78 is 0.991. The fourth-order valence-electron chi connectivity index (χ4n) is 1.52. The van der Waals surface area contributed by atoms with Gasteiger partial charge >= 0.3 is 0 Å². The van der Waals surface area contributed by atoms with Gasteiger partial charge in [0.2, 0.25) is 0 Å². The van der Waals surface area contributed by atoms with Crippen molar-refractivity contribution in [1.82, 2.24) is 5.43 Å². The summed E-state index contributed by atoms with van der Waals surface area (Å²) in [5, 5.41) is 7.55. The van der Waals surface area contributed by atoms with Gasteiger partial charge in [0.05, 0.1) is 12.8 Å². The van der Waals surface area contributed by atoms with Gasteiger partial charge in [0.15, 0.2) is 0 Å². The van der Waals surface area contributed by atoms with Gasteiger partial charge in [-0.05, 0) is 42.0 Å². The highest BCUT2D eigenvalue weighted by Crippen LogP contribution is 2.13. The molecule has 2 aromatic rings. The van der Waals surface area contributed by atoms with Gasteiger partial charge in [0.25, 0.3) is 5.91 Å². The fraction of sp³-hybridized carbons (Fsp3) is 0.0667. The molecular weight excluding hydrogens is 354 g/mol. The monoisotopic (exact) mass is 365 g/mol. The number of halogens is 2. The predicted molar refractivity (Wildman–Crippen MR) is 89.8 cm³/mol. The highest BCUT2D eigenvalue weighted by Gasteiger charge is 1.99. The van der Waals surface area contributed by atoms with Gasteiger partial charge < -0.3 is 5.32 Å². The Bertz CT molecular complexity index is 626. The van der Waals surface area contributed by atoms with Crippen LogP contribution in [-0.4, -0.2) is 18.7 Å². The van der Waals surface area contributed by atoms with Crippen LogP contribution in [0.25, 0.3) is 0 Å². The Balaban J connectivity index is 1.77. The number of amides is 1. The van der Waals surface area contributed by atoms with Crippen molar-refractivity contribution in [3.05, 3.63) is 63.6 Å². The zero-order chi connectivity index (χ0) is 15.1. The average Bonchev–Trinajstić information content (AvgIpc) is 2.49. The van der Waals surface area contributed by atoms with Gasteiger partial charge in [-0.3, -0.25) is 4.79 Å². The third-order valence-electron chi connectivity index (χ3n) is 2.57. The highest BCUT2D eigenvalue weighted by molar-refractivity contribution is 9.10. The van der Waals surface area contributed by atoms with Crippen LogP contribution in [0.3, 0.4) is 0 Å². The number of rotatable bonds is 5. The van der Waals surface area contributed by atoms with Crippen molar-refractivity contribution in [2.24, 2.45) is 5.10 Å². The number of anilines is 1. The van der Waals surface area contributed by atoms with Crippen LogP contribution in [0.5, 0.6) is 0 Å². The molecule has 0 fully saturated rings. The van der Waals surface area contributed by atoms with Crippen LogP contribution in [-0.2, 0) is 4.79 Å². The smallest absolute Gasteiger partial charge is 0.259 e. The number of hydrogen-bond acceptors (Lipinski definition) is 3. The molecule has 6 heteroatoms. The first-order valence-electron chi connectivity index (χ1n) is 6.20. The minimum atomic E-state index is -0.219. The number of carbonyl (C=O) groups excluding carboxylic acids is 1. The van der Waals surface area contributed by atoms with Crippen LogP contribution < -0.4 is 10.7 Å². The van der Waals surface area contributed by atoms with E-state index in [-0.39, 0.29) is 12.5 Å². The molecule has 0 aliphatic rings. The van der Waals surface area contributed by atoms with Gasteiger partial charge in [-0.15, -0.1) is 0 Å². The van der Waals surface area contributed by atoms with Gasteiger partial charge in [-0.25, -0.2) is 5.43 Å². The third kappa shape index (κ3) is 5.57. The predicted octanol–water partition coefficient (Wildman–Crippen LogP) is 3.66. The second-order valence-electron chi connectivity index (χ2n) is 4.21. The van der Waals surface area contributed by atoms with Crippen LogP contribution in [0.15, 0.2) is 58.1 Å². The Morgan fingerprint density at radius 2 is 1.81 bits per heavy atom. The Kier molecular flexibility index (Phi) is 5.78. The molecule has 0 atom stereocenters. The van der Waals surface area contributed by atoms with Crippen molar-refractivity contribution < 1.29 is 4.79 Å². The van der Waals surface area contributed by atoms with E-state index < -0.39 is 0 Å². The summed E-state index contributed by atoms with van der Waals surface area (Å²) in [6.07, 6.45) is 1.56. The lowest BCUT2D eigenvalue weighted by Gasteiger charge is -2.05. The summed E-state index contributed by atoms with van der Waals surface area (Å²) in [6, 6.07) is 14.7. The molecule has 0 spiro atoms. The lowest BCUT2D eigenvalue weighted by atomic mass is 10.2. The van der Waals surface area contributed by atoms with Gasteiger partial charge in [0.1, 0.15) is 0 Å². The molecule has 0 aliphatic carbocycles. The van der Waals surface area contributed by atoms with E-state index in [1.807, 2.05) is 36.4 Å². The first-order valence-corrected chi connectivity index (χ1v) is 7.37. The average molecular weight is 367 g/mol. The molecule has 2 N–H and O–H groups in total. The van der Waals surface area contributed by atoms with E-state index in [9.17, 15) is 4.79 Å². The second kappa shape index (κ2) is 7.81. The van der Waals surface area contributed by atoms with Crippen LogP contribution in [0.1, 0.15) is 5.56 Å². The molecule has 108 valence electrons. The van der Waals surface area contributed by atoms with Crippen LogP contribution >= 0.6 is 27.5 Å². The molecule has 21 heavy (non-hydrogen) atoms. The maximum atomic E-state index is 11.6. The minimum absolute atomic E-state index is 0.152. The highest BCUT2D eigenvalue weighted by atomic mass is 79.9. The molecule has 2 rings (SSSR count).